The van der Waals surface area contributed by atoms with Gasteiger partial charge in [-0.2, -0.15) is 0 Å². The highest BCUT2D eigenvalue weighted by molar-refractivity contribution is 9.10. The molecule has 0 amide bonds. The van der Waals surface area contributed by atoms with Gasteiger partial charge in [-0.3, -0.25) is 4.72 Å². The number of nitrogens with one attached hydrogen (secondary N) is 1. The first-order valence-electron chi connectivity index (χ1n) is 6.11. The van der Waals surface area contributed by atoms with E-state index in [0.29, 0.717) is 20.7 Å². The Hall–Kier alpha value is -1.08. The SMILES string of the molecule is Cc1c(Br)cc(CN)cc1S(=O)(=O)Nc1ccccc1Cl. The van der Waals surface area contributed by atoms with E-state index in [1.807, 2.05) is 6.07 Å². The van der Waals surface area contributed by atoms with E-state index >= 15 is 0 Å². The number of sulfonamides is 1. The highest BCUT2D eigenvalue weighted by atomic mass is 79.9. The molecule has 112 valence electrons. The average molecular weight is 390 g/mol. The van der Waals surface area contributed by atoms with Crippen LogP contribution >= 0.6 is 27.5 Å². The Morgan fingerprint density at radius 3 is 2.57 bits per heavy atom. The Labute approximate surface area is 137 Å². The number of nitrogens with two attached hydrogens (primary N) is 1. The molecule has 0 bridgehead atoms. The van der Waals surface area contributed by atoms with Crippen molar-refractivity contribution in [2.45, 2.75) is 18.4 Å². The van der Waals surface area contributed by atoms with E-state index in [1.54, 1.807) is 37.3 Å². The maximum atomic E-state index is 12.6. The molecular weight excluding hydrogens is 376 g/mol. The second-order valence-electron chi connectivity index (χ2n) is 4.49. The van der Waals surface area contributed by atoms with E-state index in [-0.39, 0.29) is 11.4 Å². The zero-order valence-electron chi connectivity index (χ0n) is 11.2. The van der Waals surface area contributed by atoms with Gasteiger partial charge >= 0.3 is 0 Å². The smallest absolute Gasteiger partial charge is 0.262 e. The molecule has 2 rings (SSSR count). The Kier molecular flexibility index (Phi) is 4.93. The van der Waals surface area contributed by atoms with Crippen LogP contribution in [0.4, 0.5) is 5.69 Å². The van der Waals surface area contributed by atoms with Crippen molar-refractivity contribution in [2.75, 3.05) is 4.72 Å². The lowest BCUT2D eigenvalue weighted by Crippen LogP contribution is -2.15. The Balaban J connectivity index is 2.50. The number of hydrogen-bond donors (Lipinski definition) is 2. The molecular formula is C14H14BrClN2O2S. The monoisotopic (exact) mass is 388 g/mol. The van der Waals surface area contributed by atoms with Gasteiger partial charge in [-0.15, -0.1) is 0 Å². The lowest BCUT2D eigenvalue weighted by molar-refractivity contribution is 0.600. The van der Waals surface area contributed by atoms with Crippen molar-refractivity contribution in [1.29, 1.82) is 0 Å². The summed E-state index contributed by atoms with van der Waals surface area (Å²) in [7, 11) is -3.74. The van der Waals surface area contributed by atoms with Crippen LogP contribution in [0.1, 0.15) is 11.1 Å². The maximum absolute atomic E-state index is 12.6. The highest BCUT2D eigenvalue weighted by Crippen LogP contribution is 2.29. The summed E-state index contributed by atoms with van der Waals surface area (Å²) in [5.41, 5.74) is 7.29. The summed E-state index contributed by atoms with van der Waals surface area (Å²) >= 11 is 9.35. The predicted octanol–water partition coefficient (Wildman–Crippen LogP) is 3.67. The van der Waals surface area contributed by atoms with Crippen molar-refractivity contribution in [1.82, 2.24) is 0 Å². The summed E-state index contributed by atoms with van der Waals surface area (Å²) in [5.74, 6) is 0. The van der Waals surface area contributed by atoms with Crippen LogP contribution in [0.25, 0.3) is 0 Å². The van der Waals surface area contributed by atoms with Gasteiger partial charge in [0.1, 0.15) is 0 Å². The first-order valence-corrected chi connectivity index (χ1v) is 8.77. The van der Waals surface area contributed by atoms with Crippen LogP contribution in [-0.2, 0) is 16.6 Å². The normalized spacial score (nSPS) is 11.4. The van der Waals surface area contributed by atoms with Crippen molar-refractivity contribution in [3.8, 4) is 0 Å². The summed E-state index contributed by atoms with van der Waals surface area (Å²) in [6.07, 6.45) is 0. The molecule has 0 spiro atoms. The minimum atomic E-state index is -3.74. The zero-order chi connectivity index (χ0) is 15.6. The van der Waals surface area contributed by atoms with Gasteiger partial charge in [-0.05, 0) is 42.3 Å². The number of anilines is 1. The van der Waals surface area contributed by atoms with Crippen molar-refractivity contribution >= 4 is 43.2 Å². The number of rotatable bonds is 4. The standard InChI is InChI=1S/C14H14BrClN2O2S/c1-9-11(15)6-10(8-17)7-14(9)21(19,20)18-13-5-3-2-4-12(13)16/h2-7,18H,8,17H2,1H3. The van der Waals surface area contributed by atoms with Gasteiger partial charge in [0.2, 0.25) is 0 Å². The second kappa shape index (κ2) is 6.36. The lowest BCUT2D eigenvalue weighted by Gasteiger charge is -2.14. The highest BCUT2D eigenvalue weighted by Gasteiger charge is 2.20. The van der Waals surface area contributed by atoms with Crippen LogP contribution in [0.15, 0.2) is 45.8 Å². The molecule has 0 saturated carbocycles. The van der Waals surface area contributed by atoms with Gasteiger partial charge < -0.3 is 5.73 Å². The van der Waals surface area contributed by atoms with Gasteiger partial charge in [0.25, 0.3) is 10.0 Å². The lowest BCUT2D eigenvalue weighted by atomic mass is 10.1. The summed E-state index contributed by atoms with van der Waals surface area (Å²) in [6, 6.07) is 10.1. The van der Waals surface area contributed by atoms with Crippen LogP contribution in [0.5, 0.6) is 0 Å². The number of para-hydroxylation sites is 1. The van der Waals surface area contributed by atoms with E-state index in [9.17, 15) is 8.42 Å². The van der Waals surface area contributed by atoms with Gasteiger partial charge in [0.15, 0.2) is 0 Å². The molecule has 0 aromatic heterocycles. The molecule has 0 unspecified atom stereocenters. The molecule has 0 aliphatic heterocycles. The maximum Gasteiger partial charge on any atom is 0.262 e. The Bertz CT molecular complexity index is 779. The topological polar surface area (TPSA) is 72.2 Å². The van der Waals surface area contributed by atoms with E-state index in [1.165, 1.54) is 0 Å². The Morgan fingerprint density at radius 2 is 1.95 bits per heavy atom. The predicted molar refractivity (Wildman–Crippen MR) is 89.0 cm³/mol. The van der Waals surface area contributed by atoms with E-state index in [2.05, 4.69) is 20.7 Å². The van der Waals surface area contributed by atoms with Crippen LogP contribution in [0, 0.1) is 6.92 Å². The minimum Gasteiger partial charge on any atom is -0.326 e. The number of benzene rings is 2. The quantitative estimate of drug-likeness (QED) is 0.838. The van der Waals surface area contributed by atoms with Gasteiger partial charge in [-0.25, -0.2) is 8.42 Å². The molecule has 0 aliphatic rings. The summed E-state index contributed by atoms with van der Waals surface area (Å²) in [4.78, 5) is 0.178. The van der Waals surface area contributed by atoms with Crippen molar-refractivity contribution in [3.05, 3.63) is 57.0 Å². The first kappa shape index (κ1) is 16.3. The van der Waals surface area contributed by atoms with Crippen molar-refractivity contribution in [2.24, 2.45) is 5.73 Å². The van der Waals surface area contributed by atoms with Gasteiger partial charge in [0.05, 0.1) is 15.6 Å². The molecule has 7 heteroatoms. The molecule has 4 nitrogen and oxygen atoms in total. The molecule has 0 atom stereocenters. The van der Waals surface area contributed by atoms with Crippen molar-refractivity contribution in [3.63, 3.8) is 0 Å². The molecule has 2 aromatic carbocycles. The molecule has 0 fully saturated rings. The zero-order valence-corrected chi connectivity index (χ0v) is 14.4. The summed E-state index contributed by atoms with van der Waals surface area (Å²) in [5, 5.41) is 0.341. The number of hydrogen-bond acceptors (Lipinski definition) is 3. The van der Waals surface area contributed by atoms with Crippen LogP contribution in [0.3, 0.4) is 0 Å². The largest absolute Gasteiger partial charge is 0.326 e. The average Bonchev–Trinajstić information content (AvgIpc) is 2.43. The Morgan fingerprint density at radius 1 is 1.29 bits per heavy atom. The summed E-state index contributed by atoms with van der Waals surface area (Å²) in [6.45, 7) is 1.99. The first-order chi connectivity index (χ1) is 9.85. The molecule has 0 radical (unpaired) electrons. The van der Waals surface area contributed by atoms with E-state index < -0.39 is 10.0 Å². The van der Waals surface area contributed by atoms with Crippen LogP contribution in [-0.4, -0.2) is 8.42 Å². The molecule has 0 aliphatic carbocycles. The van der Waals surface area contributed by atoms with Crippen LogP contribution < -0.4 is 10.5 Å². The molecule has 2 aromatic rings. The third-order valence-corrected chi connectivity index (χ3v) is 5.64. The second-order valence-corrected chi connectivity index (χ2v) is 7.40. The fourth-order valence-electron chi connectivity index (χ4n) is 1.85. The van der Waals surface area contributed by atoms with Crippen molar-refractivity contribution < 1.29 is 8.42 Å². The minimum absolute atomic E-state index is 0.178. The van der Waals surface area contributed by atoms with Crippen LogP contribution in [0.2, 0.25) is 5.02 Å². The number of halogens is 2. The van der Waals surface area contributed by atoms with Gasteiger partial charge in [-0.1, -0.05) is 39.7 Å². The third kappa shape index (κ3) is 3.58. The van der Waals surface area contributed by atoms with Gasteiger partial charge in [0, 0.05) is 11.0 Å². The fraction of sp³-hybridized carbons (Fsp3) is 0.143. The molecule has 0 heterocycles. The molecule has 3 N–H and O–H groups in total. The summed E-state index contributed by atoms with van der Waals surface area (Å²) < 4.78 is 28.3. The molecule has 21 heavy (non-hydrogen) atoms. The third-order valence-electron chi connectivity index (χ3n) is 3.00. The van der Waals surface area contributed by atoms with E-state index in [0.717, 1.165) is 5.56 Å². The molecule has 0 saturated heterocycles. The van der Waals surface area contributed by atoms with E-state index in [4.69, 9.17) is 17.3 Å². The fourth-order valence-corrected chi connectivity index (χ4v) is 4.12.